The lowest BCUT2D eigenvalue weighted by molar-refractivity contribution is 0.412. The predicted octanol–water partition coefficient (Wildman–Crippen LogP) is 1.55. The molecule has 1 heterocycles. The summed E-state index contributed by atoms with van der Waals surface area (Å²) in [6.07, 6.45) is 5.50. The first-order valence-electron chi connectivity index (χ1n) is 6.07. The highest BCUT2D eigenvalue weighted by Crippen LogP contribution is 2.18. The number of aromatic nitrogens is 2. The maximum absolute atomic E-state index is 8.91. The van der Waals surface area contributed by atoms with Crippen LogP contribution in [-0.4, -0.2) is 23.2 Å². The van der Waals surface area contributed by atoms with E-state index in [0.717, 1.165) is 25.2 Å². The third-order valence-electron chi connectivity index (χ3n) is 2.82. The largest absolute Gasteiger partial charge is 0.495 e. The zero-order valence-electron chi connectivity index (χ0n) is 10.8. The summed E-state index contributed by atoms with van der Waals surface area (Å²) in [6.45, 7) is 2.49. The van der Waals surface area contributed by atoms with E-state index < -0.39 is 0 Å². The van der Waals surface area contributed by atoms with E-state index in [-0.39, 0.29) is 0 Å². The molecule has 2 aromatic rings. The Balaban J connectivity index is 1.84. The van der Waals surface area contributed by atoms with Crippen molar-refractivity contribution in [3.63, 3.8) is 0 Å². The molecule has 0 aliphatic heterocycles. The maximum Gasteiger partial charge on any atom is 0.136 e. The molecule has 0 aliphatic rings. The van der Waals surface area contributed by atoms with Gasteiger partial charge in [-0.2, -0.15) is 5.26 Å². The first-order chi connectivity index (χ1) is 9.33. The summed E-state index contributed by atoms with van der Waals surface area (Å²) in [5.74, 6) is 0.622. The second-order valence-corrected chi connectivity index (χ2v) is 4.12. The average Bonchev–Trinajstić information content (AvgIpc) is 2.96. The van der Waals surface area contributed by atoms with Crippen molar-refractivity contribution in [1.82, 2.24) is 14.9 Å². The number of nitrogens with one attached hydrogen (secondary N) is 1. The van der Waals surface area contributed by atoms with E-state index in [0.29, 0.717) is 11.3 Å². The molecule has 1 aromatic heterocycles. The second kappa shape index (κ2) is 6.57. The van der Waals surface area contributed by atoms with Crippen molar-refractivity contribution < 1.29 is 4.74 Å². The Labute approximate surface area is 112 Å². The van der Waals surface area contributed by atoms with Gasteiger partial charge in [-0.3, -0.25) is 0 Å². The Morgan fingerprint density at radius 3 is 3.05 bits per heavy atom. The summed E-state index contributed by atoms with van der Waals surface area (Å²) in [5.41, 5.74) is 1.66. The number of methoxy groups -OCH3 is 1. The predicted molar refractivity (Wildman–Crippen MR) is 71.6 cm³/mol. The molecule has 98 valence electrons. The maximum atomic E-state index is 8.91. The first-order valence-corrected chi connectivity index (χ1v) is 6.07. The highest BCUT2D eigenvalue weighted by Gasteiger charge is 2.03. The number of rotatable bonds is 6. The number of nitriles is 1. The molecule has 0 radical (unpaired) electrons. The minimum absolute atomic E-state index is 0.560. The lowest BCUT2D eigenvalue weighted by Crippen LogP contribution is -2.19. The average molecular weight is 256 g/mol. The van der Waals surface area contributed by atoms with Crippen LogP contribution in [0, 0.1) is 11.3 Å². The second-order valence-electron chi connectivity index (χ2n) is 4.12. The molecule has 0 spiro atoms. The molecule has 0 saturated carbocycles. The van der Waals surface area contributed by atoms with E-state index in [9.17, 15) is 0 Å². The third-order valence-corrected chi connectivity index (χ3v) is 2.82. The van der Waals surface area contributed by atoms with Crippen LogP contribution >= 0.6 is 0 Å². The minimum atomic E-state index is 0.560. The van der Waals surface area contributed by atoms with Crippen molar-refractivity contribution in [3.05, 3.63) is 48.0 Å². The van der Waals surface area contributed by atoms with Gasteiger partial charge in [-0.1, -0.05) is 6.07 Å². The number of nitrogens with zero attached hydrogens (tertiary/aromatic N) is 3. The molecule has 2 rings (SSSR count). The van der Waals surface area contributed by atoms with Gasteiger partial charge >= 0.3 is 0 Å². The molecule has 5 heteroatoms. The van der Waals surface area contributed by atoms with Crippen LogP contribution in [0.2, 0.25) is 0 Å². The third kappa shape index (κ3) is 3.57. The lowest BCUT2D eigenvalue weighted by Gasteiger charge is -2.08. The van der Waals surface area contributed by atoms with Crippen molar-refractivity contribution in [2.75, 3.05) is 13.7 Å². The van der Waals surface area contributed by atoms with Crippen molar-refractivity contribution in [3.8, 4) is 11.8 Å². The van der Waals surface area contributed by atoms with Crippen molar-refractivity contribution >= 4 is 0 Å². The molecular formula is C14H16N4O. The highest BCUT2D eigenvalue weighted by atomic mass is 16.5. The summed E-state index contributed by atoms with van der Waals surface area (Å²) >= 11 is 0. The van der Waals surface area contributed by atoms with Gasteiger partial charge in [0.1, 0.15) is 11.8 Å². The summed E-state index contributed by atoms with van der Waals surface area (Å²) in [6, 6.07) is 7.71. The van der Waals surface area contributed by atoms with E-state index in [1.54, 1.807) is 25.7 Å². The summed E-state index contributed by atoms with van der Waals surface area (Å²) in [4.78, 5) is 3.99. The van der Waals surface area contributed by atoms with E-state index >= 15 is 0 Å². The molecule has 5 nitrogen and oxygen atoms in total. The number of ether oxygens (including phenoxy) is 1. The fourth-order valence-electron chi connectivity index (χ4n) is 1.80. The van der Waals surface area contributed by atoms with Crippen LogP contribution < -0.4 is 10.1 Å². The molecule has 1 aromatic carbocycles. The van der Waals surface area contributed by atoms with Gasteiger partial charge in [-0.05, 0) is 17.7 Å². The van der Waals surface area contributed by atoms with Crippen LogP contribution in [0.25, 0.3) is 0 Å². The Morgan fingerprint density at radius 1 is 1.47 bits per heavy atom. The van der Waals surface area contributed by atoms with Gasteiger partial charge in [-0.25, -0.2) is 4.98 Å². The fraction of sp³-hybridized carbons (Fsp3) is 0.286. The first kappa shape index (κ1) is 13.1. The topological polar surface area (TPSA) is 62.9 Å². The molecule has 1 N–H and O–H groups in total. The number of hydrogen-bond acceptors (Lipinski definition) is 4. The van der Waals surface area contributed by atoms with Gasteiger partial charge in [0.25, 0.3) is 0 Å². The van der Waals surface area contributed by atoms with Crippen LogP contribution in [-0.2, 0) is 13.1 Å². The quantitative estimate of drug-likeness (QED) is 0.797. The SMILES string of the molecule is COc1cc(CNCCn2ccnc2)ccc1C#N. The van der Waals surface area contributed by atoms with Crippen molar-refractivity contribution in [2.24, 2.45) is 0 Å². The molecule has 0 bridgehead atoms. The van der Waals surface area contributed by atoms with Gasteiger partial charge in [0.05, 0.1) is 19.0 Å². The summed E-state index contributed by atoms with van der Waals surface area (Å²) in [7, 11) is 1.58. The summed E-state index contributed by atoms with van der Waals surface area (Å²) in [5, 5.41) is 12.2. The van der Waals surface area contributed by atoms with Gasteiger partial charge in [-0.15, -0.1) is 0 Å². The molecule has 0 unspecified atom stereocenters. The van der Waals surface area contributed by atoms with Crippen molar-refractivity contribution in [2.45, 2.75) is 13.1 Å². The number of imidazole rings is 1. The van der Waals surface area contributed by atoms with Crippen molar-refractivity contribution in [1.29, 1.82) is 5.26 Å². The standard InChI is InChI=1S/C14H16N4O/c1-19-14-8-12(2-3-13(14)9-15)10-16-4-6-18-7-5-17-11-18/h2-3,5,7-8,11,16H,4,6,10H2,1H3. The molecule has 19 heavy (non-hydrogen) atoms. The molecule has 0 aliphatic carbocycles. The molecule has 0 saturated heterocycles. The Morgan fingerprint density at radius 2 is 2.37 bits per heavy atom. The van der Waals surface area contributed by atoms with Crippen LogP contribution in [0.4, 0.5) is 0 Å². The Kier molecular flexibility index (Phi) is 4.54. The van der Waals surface area contributed by atoms with Gasteiger partial charge in [0, 0.05) is 32.0 Å². The minimum Gasteiger partial charge on any atom is -0.495 e. The van der Waals surface area contributed by atoms with Gasteiger partial charge < -0.3 is 14.6 Å². The van der Waals surface area contributed by atoms with Gasteiger partial charge in [0.15, 0.2) is 0 Å². The number of benzene rings is 1. The normalized spacial score (nSPS) is 10.1. The van der Waals surface area contributed by atoms with E-state index in [1.165, 1.54) is 0 Å². The smallest absolute Gasteiger partial charge is 0.136 e. The van der Waals surface area contributed by atoms with E-state index in [1.807, 2.05) is 22.9 Å². The molecular weight excluding hydrogens is 240 g/mol. The Bertz CT molecular complexity index is 557. The number of hydrogen-bond donors (Lipinski definition) is 1. The van der Waals surface area contributed by atoms with Gasteiger partial charge in [0.2, 0.25) is 0 Å². The molecule has 0 amide bonds. The zero-order valence-corrected chi connectivity index (χ0v) is 10.8. The molecule has 0 atom stereocenters. The van der Waals surface area contributed by atoms with E-state index in [4.69, 9.17) is 10.00 Å². The lowest BCUT2D eigenvalue weighted by atomic mass is 10.1. The van der Waals surface area contributed by atoms with Crippen LogP contribution in [0.3, 0.4) is 0 Å². The monoisotopic (exact) mass is 256 g/mol. The fourth-order valence-corrected chi connectivity index (χ4v) is 1.80. The Hall–Kier alpha value is -2.32. The van der Waals surface area contributed by atoms with Crippen LogP contribution in [0.15, 0.2) is 36.9 Å². The molecule has 0 fully saturated rings. The van der Waals surface area contributed by atoms with E-state index in [2.05, 4.69) is 16.4 Å². The highest BCUT2D eigenvalue weighted by molar-refractivity contribution is 5.45. The summed E-state index contributed by atoms with van der Waals surface area (Å²) < 4.78 is 7.20. The van der Waals surface area contributed by atoms with Crippen LogP contribution in [0.1, 0.15) is 11.1 Å². The van der Waals surface area contributed by atoms with Crippen LogP contribution in [0.5, 0.6) is 5.75 Å². The zero-order chi connectivity index (χ0) is 13.5.